The average molecular weight is 231 g/mol. The number of hydrogen-bond donors (Lipinski definition) is 3. The van der Waals surface area contributed by atoms with Gasteiger partial charge in [-0.05, 0) is 17.7 Å². The number of allylic oxidation sites excluding steroid dienone is 1. The zero-order valence-corrected chi connectivity index (χ0v) is 9.60. The standard InChI is InChI=1S/C13H17N3O/c1-2-7-17-11-5-3-10(4-6-11)12(8-14)13(16)9-15/h2-6,8-9H,1,7,14-16H2/b12-8-,13-9+. The second-order valence-electron chi connectivity index (χ2n) is 3.33. The molecule has 0 fully saturated rings. The highest BCUT2D eigenvalue weighted by atomic mass is 16.5. The quantitative estimate of drug-likeness (QED) is 0.526. The van der Waals surface area contributed by atoms with Gasteiger partial charge in [-0.3, -0.25) is 0 Å². The van der Waals surface area contributed by atoms with Crippen molar-refractivity contribution in [3.05, 3.63) is 60.6 Å². The summed E-state index contributed by atoms with van der Waals surface area (Å²) in [5.74, 6) is 0.764. The molecule has 4 nitrogen and oxygen atoms in total. The molecule has 6 N–H and O–H groups in total. The van der Waals surface area contributed by atoms with Crippen molar-refractivity contribution in [1.29, 1.82) is 0 Å². The number of benzene rings is 1. The van der Waals surface area contributed by atoms with E-state index >= 15 is 0 Å². The summed E-state index contributed by atoms with van der Waals surface area (Å²) in [6, 6.07) is 7.42. The lowest BCUT2D eigenvalue weighted by atomic mass is 10.0. The summed E-state index contributed by atoms with van der Waals surface area (Å²) >= 11 is 0. The number of ether oxygens (including phenoxy) is 1. The molecule has 0 aliphatic rings. The lowest BCUT2D eigenvalue weighted by Gasteiger charge is -2.08. The molecule has 0 aromatic heterocycles. The van der Waals surface area contributed by atoms with Gasteiger partial charge in [0.25, 0.3) is 0 Å². The van der Waals surface area contributed by atoms with Crippen molar-refractivity contribution in [2.45, 2.75) is 0 Å². The highest BCUT2D eigenvalue weighted by Gasteiger charge is 2.04. The molecule has 0 radical (unpaired) electrons. The Hall–Kier alpha value is -2.36. The number of hydrogen-bond acceptors (Lipinski definition) is 4. The Bertz CT molecular complexity index is 432. The molecule has 0 saturated carbocycles. The van der Waals surface area contributed by atoms with E-state index in [-0.39, 0.29) is 0 Å². The van der Waals surface area contributed by atoms with E-state index < -0.39 is 0 Å². The molecule has 0 amide bonds. The topological polar surface area (TPSA) is 87.3 Å². The van der Waals surface area contributed by atoms with Crippen LogP contribution in [0.2, 0.25) is 0 Å². The van der Waals surface area contributed by atoms with Crippen LogP contribution in [-0.4, -0.2) is 6.61 Å². The van der Waals surface area contributed by atoms with Gasteiger partial charge in [-0.25, -0.2) is 0 Å². The SMILES string of the molecule is C=CCOc1ccc(C(=C/N)/C(N)=C\N)cc1. The van der Waals surface area contributed by atoms with Gasteiger partial charge >= 0.3 is 0 Å². The first-order chi connectivity index (χ1) is 8.22. The van der Waals surface area contributed by atoms with Crippen LogP contribution in [0.5, 0.6) is 5.75 Å². The van der Waals surface area contributed by atoms with Gasteiger partial charge in [0.2, 0.25) is 0 Å². The van der Waals surface area contributed by atoms with Crippen LogP contribution in [0, 0.1) is 0 Å². The normalized spacial score (nSPS) is 12.2. The Morgan fingerprint density at radius 3 is 2.29 bits per heavy atom. The first-order valence-electron chi connectivity index (χ1n) is 5.16. The van der Waals surface area contributed by atoms with Gasteiger partial charge in [-0.2, -0.15) is 0 Å². The second kappa shape index (κ2) is 6.27. The van der Waals surface area contributed by atoms with Crippen LogP contribution in [-0.2, 0) is 0 Å². The van der Waals surface area contributed by atoms with Crippen molar-refractivity contribution in [3.63, 3.8) is 0 Å². The lowest BCUT2D eigenvalue weighted by molar-refractivity contribution is 0.363. The summed E-state index contributed by atoms with van der Waals surface area (Å²) in [6.45, 7) is 4.06. The fraction of sp³-hybridized carbons (Fsp3) is 0.0769. The van der Waals surface area contributed by atoms with Crippen LogP contribution in [0.15, 0.2) is 55.0 Å². The molecular formula is C13H17N3O. The lowest BCUT2D eigenvalue weighted by Crippen LogP contribution is -2.05. The summed E-state index contributed by atoms with van der Waals surface area (Å²) < 4.78 is 5.37. The van der Waals surface area contributed by atoms with E-state index in [0.717, 1.165) is 11.3 Å². The van der Waals surface area contributed by atoms with Gasteiger partial charge in [-0.1, -0.05) is 24.8 Å². The van der Waals surface area contributed by atoms with Crippen LogP contribution < -0.4 is 21.9 Å². The largest absolute Gasteiger partial charge is 0.490 e. The highest BCUT2D eigenvalue weighted by molar-refractivity contribution is 5.77. The molecule has 4 heteroatoms. The van der Waals surface area contributed by atoms with Crippen molar-refractivity contribution < 1.29 is 4.74 Å². The van der Waals surface area contributed by atoms with E-state index in [2.05, 4.69) is 6.58 Å². The smallest absolute Gasteiger partial charge is 0.119 e. The molecule has 0 aliphatic heterocycles. The van der Waals surface area contributed by atoms with E-state index in [1.807, 2.05) is 24.3 Å². The Morgan fingerprint density at radius 1 is 1.18 bits per heavy atom. The van der Waals surface area contributed by atoms with Crippen molar-refractivity contribution in [2.75, 3.05) is 6.61 Å². The maximum absolute atomic E-state index is 5.72. The Balaban J connectivity index is 2.90. The minimum Gasteiger partial charge on any atom is -0.490 e. The summed E-state index contributed by atoms with van der Waals surface area (Å²) in [7, 11) is 0. The van der Waals surface area contributed by atoms with E-state index in [1.54, 1.807) is 6.08 Å². The van der Waals surface area contributed by atoms with E-state index in [9.17, 15) is 0 Å². The molecule has 90 valence electrons. The van der Waals surface area contributed by atoms with Gasteiger partial charge in [0, 0.05) is 18.0 Å². The molecule has 0 bridgehead atoms. The van der Waals surface area contributed by atoms with Crippen LogP contribution in [0.3, 0.4) is 0 Å². The second-order valence-corrected chi connectivity index (χ2v) is 3.33. The third-order valence-corrected chi connectivity index (χ3v) is 2.19. The molecule has 0 saturated heterocycles. The van der Waals surface area contributed by atoms with Gasteiger partial charge in [-0.15, -0.1) is 0 Å². The van der Waals surface area contributed by atoms with Gasteiger partial charge in [0.15, 0.2) is 0 Å². The Labute approximate surface area is 101 Å². The molecule has 0 atom stereocenters. The molecule has 0 heterocycles. The highest BCUT2D eigenvalue weighted by Crippen LogP contribution is 2.21. The van der Waals surface area contributed by atoms with Gasteiger partial charge in [0.1, 0.15) is 12.4 Å². The van der Waals surface area contributed by atoms with Crippen LogP contribution in [0.1, 0.15) is 5.56 Å². The minimum absolute atomic E-state index is 0.437. The fourth-order valence-corrected chi connectivity index (χ4v) is 1.33. The van der Waals surface area contributed by atoms with Crippen LogP contribution in [0.4, 0.5) is 0 Å². The zero-order chi connectivity index (χ0) is 12.7. The molecule has 1 aromatic rings. The first-order valence-corrected chi connectivity index (χ1v) is 5.16. The third kappa shape index (κ3) is 3.31. The monoisotopic (exact) mass is 231 g/mol. The number of nitrogens with two attached hydrogens (primary N) is 3. The number of rotatable bonds is 5. The maximum atomic E-state index is 5.72. The van der Waals surface area contributed by atoms with Crippen molar-refractivity contribution in [2.24, 2.45) is 17.2 Å². The minimum atomic E-state index is 0.437. The Kier molecular flexibility index (Phi) is 4.69. The molecule has 0 aliphatic carbocycles. The van der Waals surface area contributed by atoms with Gasteiger partial charge in [0.05, 0.1) is 5.70 Å². The van der Waals surface area contributed by atoms with Crippen molar-refractivity contribution >= 4 is 5.57 Å². The molecule has 17 heavy (non-hydrogen) atoms. The summed E-state index contributed by atoms with van der Waals surface area (Å²) in [4.78, 5) is 0. The summed E-state index contributed by atoms with van der Waals surface area (Å²) in [6.07, 6.45) is 4.44. The molecule has 1 rings (SSSR count). The molecular weight excluding hydrogens is 214 g/mol. The Morgan fingerprint density at radius 2 is 1.82 bits per heavy atom. The van der Waals surface area contributed by atoms with Crippen LogP contribution in [0.25, 0.3) is 5.57 Å². The van der Waals surface area contributed by atoms with Crippen molar-refractivity contribution in [3.8, 4) is 5.75 Å². The van der Waals surface area contributed by atoms with Gasteiger partial charge < -0.3 is 21.9 Å². The molecule has 0 unspecified atom stereocenters. The summed E-state index contributed by atoms with van der Waals surface area (Å²) in [5.41, 5.74) is 18.6. The van der Waals surface area contributed by atoms with E-state index in [0.29, 0.717) is 17.9 Å². The maximum Gasteiger partial charge on any atom is 0.119 e. The first kappa shape index (κ1) is 12.7. The predicted molar refractivity (Wildman–Crippen MR) is 70.8 cm³/mol. The van der Waals surface area contributed by atoms with E-state index in [1.165, 1.54) is 12.4 Å². The molecule has 0 spiro atoms. The predicted octanol–water partition coefficient (Wildman–Crippen LogP) is 1.31. The molecule has 1 aromatic carbocycles. The van der Waals surface area contributed by atoms with Crippen LogP contribution >= 0.6 is 0 Å². The third-order valence-electron chi connectivity index (χ3n) is 2.19. The van der Waals surface area contributed by atoms with E-state index in [4.69, 9.17) is 21.9 Å². The fourth-order valence-electron chi connectivity index (χ4n) is 1.33. The zero-order valence-electron chi connectivity index (χ0n) is 9.60. The average Bonchev–Trinajstić information content (AvgIpc) is 2.38. The van der Waals surface area contributed by atoms with Crippen molar-refractivity contribution in [1.82, 2.24) is 0 Å². The summed E-state index contributed by atoms with van der Waals surface area (Å²) in [5, 5.41) is 0.